The van der Waals surface area contributed by atoms with E-state index in [1.165, 1.54) is 60.5 Å². The second-order valence-corrected chi connectivity index (χ2v) is 17.2. The van der Waals surface area contributed by atoms with Crippen LogP contribution in [0.15, 0.2) is 236 Å². The number of rotatable bonds is 9. The molecule has 1 radical (unpaired) electrons. The molecule has 0 saturated carbocycles. The van der Waals surface area contributed by atoms with Gasteiger partial charge < -0.3 is 9.73 Å². The summed E-state index contributed by atoms with van der Waals surface area (Å²) in [5, 5.41) is 4.19. The molecule has 0 bridgehead atoms. The van der Waals surface area contributed by atoms with Crippen LogP contribution in [0.5, 0.6) is 0 Å². The van der Waals surface area contributed by atoms with E-state index in [1.807, 2.05) is 18.2 Å². The fraction of sp³-hybridized carbons (Fsp3) is 0.0877. The molecule has 6 heteroatoms. The predicted molar refractivity (Wildman–Crippen MR) is 262 cm³/mol. The van der Waals surface area contributed by atoms with Gasteiger partial charge in [0.15, 0.2) is 0 Å². The third-order valence-electron chi connectivity index (χ3n) is 10.6. The summed E-state index contributed by atoms with van der Waals surface area (Å²) in [5.41, 5.74) is 11.4. The van der Waals surface area contributed by atoms with Crippen LogP contribution in [0, 0.1) is 12.0 Å². The minimum atomic E-state index is -0.446. The number of nitrogens with zero attached hydrogens (tertiary/aromatic N) is 1. The minimum absolute atomic E-state index is 0. The van der Waals surface area contributed by atoms with Crippen LogP contribution < -0.4 is 15.9 Å². The van der Waals surface area contributed by atoms with Gasteiger partial charge >= 0.3 is 27.7 Å². The van der Waals surface area contributed by atoms with Gasteiger partial charge in [-0.3, -0.25) is 24.3 Å². The summed E-state index contributed by atoms with van der Waals surface area (Å²) < 4.78 is 5.49. The van der Waals surface area contributed by atoms with Crippen molar-refractivity contribution in [3.63, 3.8) is 0 Å². The first-order valence-electron chi connectivity index (χ1n) is 20.8. The molecule has 0 saturated heterocycles. The Balaban J connectivity index is 0.000000164. The van der Waals surface area contributed by atoms with Crippen LogP contribution in [-0.2, 0) is 39.7 Å². The van der Waals surface area contributed by atoms with Gasteiger partial charge in [0.1, 0.15) is 0 Å². The fourth-order valence-corrected chi connectivity index (χ4v) is 9.84. The molecule has 0 N–H and O–H groups in total. The molecule has 2 nitrogen and oxygen atoms in total. The van der Waals surface area contributed by atoms with Gasteiger partial charge in [0, 0.05) is 22.7 Å². The molecule has 0 aromatic heterocycles. The molecule has 8 aromatic carbocycles. The molecule has 0 fully saturated rings. The van der Waals surface area contributed by atoms with Crippen molar-refractivity contribution in [2.24, 2.45) is 10.9 Å². The van der Waals surface area contributed by atoms with Crippen LogP contribution in [0.3, 0.4) is 0 Å². The van der Waals surface area contributed by atoms with E-state index in [2.05, 4.69) is 265 Å². The van der Waals surface area contributed by atoms with Gasteiger partial charge in [-0.1, -0.05) is 226 Å². The van der Waals surface area contributed by atoms with Gasteiger partial charge in [-0.05, 0) is 74.3 Å². The number of hydrogen-bond donors (Lipinski definition) is 0. The number of ether oxygens (including phenoxy) is 1. The van der Waals surface area contributed by atoms with Crippen molar-refractivity contribution in [3.8, 4) is 0 Å². The van der Waals surface area contributed by atoms with Crippen LogP contribution in [0.2, 0.25) is 0 Å². The zero-order valence-electron chi connectivity index (χ0n) is 35.1. The van der Waals surface area contributed by atoms with Crippen LogP contribution in [0.4, 0.5) is 0 Å². The number of hydrogen-bond acceptors (Lipinski definition) is 2. The molecular formula is C57H48ClCoNOPPd-. The summed E-state index contributed by atoms with van der Waals surface area (Å²) in [5.74, 6) is 1.30. The van der Waals surface area contributed by atoms with Crippen molar-refractivity contribution >= 4 is 61.6 Å². The van der Waals surface area contributed by atoms with E-state index >= 15 is 0 Å². The van der Waals surface area contributed by atoms with Crippen LogP contribution in [0.25, 0.3) is 22.3 Å². The molecule has 0 amide bonds. The van der Waals surface area contributed by atoms with Gasteiger partial charge in [-0.15, -0.1) is 0 Å². The number of aliphatic imine (C=N–C) groups is 1. The van der Waals surface area contributed by atoms with Crippen LogP contribution >= 0.6 is 17.5 Å². The SMILES string of the molecule is CC(C)[C@H]1COC(c2[c-]cc[cH-]2)=N1.[Cl][Pd+].[Co].c1ccc(C2=C(c3ccccc3)C(c3ccccc3)=C2c2ccccc2)cc1.c1ccc(P(c2ccccc2)c2ccccc2)cc1. The Bertz CT molecular complexity index is 2340. The first-order valence-corrected chi connectivity index (χ1v) is 24.1. The number of allylic oxidation sites excluding steroid dienone is 4. The third kappa shape index (κ3) is 12.1. The maximum atomic E-state index is 5.49. The largest absolute Gasteiger partial charge is 0.0622 e. The van der Waals surface area contributed by atoms with Crippen LogP contribution in [0.1, 0.15) is 41.7 Å². The summed E-state index contributed by atoms with van der Waals surface area (Å²) in [6.45, 7) is 5.04. The average Bonchev–Trinajstić information content (AvgIpc) is 4.07. The van der Waals surface area contributed by atoms with Crippen molar-refractivity contribution in [2.75, 3.05) is 6.61 Å². The van der Waals surface area contributed by atoms with E-state index in [-0.39, 0.29) is 16.8 Å². The molecule has 1 aliphatic heterocycles. The maximum Gasteiger partial charge on any atom is 0 e. The summed E-state index contributed by atoms with van der Waals surface area (Å²) in [7, 11) is 4.04. The molecule has 0 unspecified atom stereocenters. The second-order valence-electron chi connectivity index (χ2n) is 14.9. The molecular weight excluding hydrogens is 946 g/mol. The first kappa shape index (κ1) is 47.2. The number of halogens is 1. The Morgan fingerprint density at radius 2 is 0.825 bits per heavy atom. The average molecular weight is 995 g/mol. The zero-order valence-corrected chi connectivity index (χ0v) is 39.4. The topological polar surface area (TPSA) is 21.6 Å². The Kier molecular flexibility index (Phi) is 18.4. The van der Waals surface area contributed by atoms with Crippen molar-refractivity contribution < 1.29 is 39.7 Å². The van der Waals surface area contributed by atoms with E-state index in [0.717, 1.165) is 11.5 Å². The van der Waals surface area contributed by atoms with Crippen molar-refractivity contribution in [3.05, 3.63) is 264 Å². The molecule has 10 rings (SSSR count). The standard InChI is InChI=1S/C28H20.C18H15P.C11H13NO.ClH.Co.Pd/c1-5-13-21(14-6-1)25-26(22-15-7-2-8-16-22)28(24-19-11-4-12-20-24)27(25)23-17-9-3-10-18-23;1-4-10-16(11-5-1)19(17-12-6-2-7-13-17)18-14-8-3-9-15-18;1-8(2)10-7-13-11(12-10)9-5-3-4-6-9;;;/h1-20H;1-15H;3-5,8,10H,7H2,1-2H3;1H;;/q;;-2;;;+2/p-1/t;;10-;;;/m..1.../s1. The molecule has 8 aromatic rings. The summed E-state index contributed by atoms with van der Waals surface area (Å²) in [4.78, 5) is 4.49. The molecule has 1 aliphatic carbocycles. The Morgan fingerprint density at radius 3 is 1.08 bits per heavy atom. The Labute approximate surface area is 400 Å². The van der Waals surface area contributed by atoms with E-state index in [4.69, 9.17) is 4.74 Å². The molecule has 1 atom stereocenters. The van der Waals surface area contributed by atoms with Crippen LogP contribution in [-0.4, -0.2) is 18.5 Å². The van der Waals surface area contributed by atoms with Gasteiger partial charge in [0.05, 0.1) is 12.6 Å². The zero-order chi connectivity index (χ0) is 42.9. The Morgan fingerprint density at radius 1 is 0.524 bits per heavy atom. The molecule has 63 heavy (non-hydrogen) atoms. The fourth-order valence-electron chi connectivity index (χ4n) is 7.53. The van der Waals surface area contributed by atoms with Crippen molar-refractivity contribution in [2.45, 2.75) is 19.9 Å². The first-order chi connectivity index (χ1) is 30.7. The summed E-state index contributed by atoms with van der Waals surface area (Å²) in [6.07, 6.45) is 0. The van der Waals surface area contributed by atoms with E-state index < -0.39 is 7.92 Å². The third-order valence-corrected chi connectivity index (χ3v) is 13.0. The van der Waals surface area contributed by atoms with E-state index in [9.17, 15) is 0 Å². The summed E-state index contributed by atoms with van der Waals surface area (Å²) >= 11 is 2.22. The van der Waals surface area contributed by atoms with E-state index in [0.29, 0.717) is 18.6 Å². The van der Waals surface area contributed by atoms with Gasteiger partial charge in [0.25, 0.3) is 0 Å². The van der Waals surface area contributed by atoms with Gasteiger partial charge in [-0.2, -0.15) is 0 Å². The normalized spacial score (nSPS) is 13.8. The number of benzene rings is 7. The maximum absolute atomic E-state index is 5.49. The van der Waals surface area contributed by atoms with Gasteiger partial charge in [0.2, 0.25) is 0 Å². The Hall–Kier alpha value is -5.27. The smallest absolute Gasteiger partial charge is 0 e. The monoisotopic (exact) mass is 993 g/mol. The minimum Gasteiger partial charge on any atom is -0.0622 e. The van der Waals surface area contributed by atoms with Crippen molar-refractivity contribution in [1.29, 1.82) is 0 Å². The van der Waals surface area contributed by atoms with Crippen molar-refractivity contribution in [1.82, 2.24) is 0 Å². The van der Waals surface area contributed by atoms with E-state index in [1.54, 1.807) is 0 Å². The molecule has 319 valence electrons. The predicted octanol–water partition coefficient (Wildman–Crippen LogP) is 13.4. The summed E-state index contributed by atoms with van der Waals surface area (Å²) in [6, 6.07) is 84.5. The molecule has 0 spiro atoms. The van der Waals surface area contributed by atoms with Gasteiger partial charge in [-0.25, -0.2) is 5.56 Å². The molecule has 2 aliphatic rings. The second kappa shape index (κ2) is 24.5. The quantitative estimate of drug-likeness (QED) is 0.0802. The molecule has 1 heterocycles.